The maximum atomic E-state index is 11.4. The molecule has 0 atom stereocenters. The van der Waals surface area contributed by atoms with Crippen LogP contribution in [0.3, 0.4) is 0 Å². The third-order valence-electron chi connectivity index (χ3n) is 4.10. The monoisotopic (exact) mass is 310 g/mol. The van der Waals surface area contributed by atoms with E-state index in [0.29, 0.717) is 12.2 Å². The number of para-hydroxylation sites is 1. The quantitative estimate of drug-likeness (QED) is 0.798. The van der Waals surface area contributed by atoms with E-state index < -0.39 is 0 Å². The number of hydrogen-bond donors (Lipinski definition) is 0. The molecule has 3 rings (SSSR count). The number of nitriles is 1. The Kier molecular flexibility index (Phi) is 4.40. The van der Waals surface area contributed by atoms with Crippen LogP contribution in [0.25, 0.3) is 10.9 Å². The molecule has 2 heterocycles. The third-order valence-corrected chi connectivity index (χ3v) is 4.10. The lowest BCUT2D eigenvalue weighted by Gasteiger charge is -2.36. The fourth-order valence-corrected chi connectivity index (χ4v) is 2.87. The van der Waals surface area contributed by atoms with Crippen molar-refractivity contribution in [2.75, 3.05) is 44.7 Å². The summed E-state index contributed by atoms with van der Waals surface area (Å²) in [5.74, 6) is -0.209. The standard InChI is InChI=1S/C17H18N4O2/c1-23-17(22)12-20-6-8-21(9-7-20)16-10-13(11-18)19-15-5-3-2-4-14(15)16/h2-5,10H,6-9,12H2,1H3. The minimum Gasteiger partial charge on any atom is -0.468 e. The van der Waals surface area contributed by atoms with Crippen molar-refractivity contribution in [3.63, 3.8) is 0 Å². The van der Waals surface area contributed by atoms with Crippen molar-refractivity contribution >= 4 is 22.6 Å². The van der Waals surface area contributed by atoms with E-state index in [-0.39, 0.29) is 5.97 Å². The van der Waals surface area contributed by atoms with Crippen LogP contribution in [0.4, 0.5) is 5.69 Å². The number of pyridine rings is 1. The number of methoxy groups -OCH3 is 1. The molecule has 1 aliphatic rings. The van der Waals surface area contributed by atoms with Gasteiger partial charge in [0.05, 0.1) is 19.2 Å². The predicted molar refractivity (Wildman–Crippen MR) is 87.1 cm³/mol. The minimum absolute atomic E-state index is 0.209. The molecule has 6 nitrogen and oxygen atoms in total. The van der Waals surface area contributed by atoms with Crippen molar-refractivity contribution < 1.29 is 9.53 Å². The highest BCUT2D eigenvalue weighted by molar-refractivity contribution is 5.92. The van der Waals surface area contributed by atoms with Crippen LogP contribution in [0, 0.1) is 11.3 Å². The van der Waals surface area contributed by atoms with Crippen molar-refractivity contribution in [3.8, 4) is 6.07 Å². The lowest BCUT2D eigenvalue weighted by molar-refractivity contribution is -0.142. The van der Waals surface area contributed by atoms with Gasteiger partial charge in [0.15, 0.2) is 0 Å². The van der Waals surface area contributed by atoms with Gasteiger partial charge < -0.3 is 9.64 Å². The summed E-state index contributed by atoms with van der Waals surface area (Å²) in [5, 5.41) is 10.2. The first kappa shape index (κ1) is 15.3. The molecule has 0 radical (unpaired) electrons. The SMILES string of the molecule is COC(=O)CN1CCN(c2cc(C#N)nc3ccccc23)CC1. The molecule has 0 N–H and O–H groups in total. The number of benzene rings is 1. The van der Waals surface area contributed by atoms with E-state index in [9.17, 15) is 10.1 Å². The van der Waals surface area contributed by atoms with E-state index in [2.05, 4.69) is 20.9 Å². The smallest absolute Gasteiger partial charge is 0.319 e. The van der Waals surface area contributed by atoms with Gasteiger partial charge in [-0.3, -0.25) is 9.69 Å². The largest absolute Gasteiger partial charge is 0.468 e. The second-order valence-corrected chi connectivity index (χ2v) is 5.49. The summed E-state index contributed by atoms with van der Waals surface area (Å²) >= 11 is 0. The van der Waals surface area contributed by atoms with Crippen molar-refractivity contribution in [2.24, 2.45) is 0 Å². The molecule has 1 aliphatic heterocycles. The first-order valence-corrected chi connectivity index (χ1v) is 7.55. The molecule has 0 amide bonds. The van der Waals surface area contributed by atoms with Gasteiger partial charge in [0.25, 0.3) is 0 Å². The molecule has 0 unspecified atom stereocenters. The Morgan fingerprint density at radius 1 is 1.30 bits per heavy atom. The molecule has 1 aromatic heterocycles. The molecule has 2 aromatic rings. The van der Waals surface area contributed by atoms with E-state index in [1.54, 1.807) is 0 Å². The molecule has 1 fully saturated rings. The van der Waals surface area contributed by atoms with E-state index >= 15 is 0 Å². The number of piperazine rings is 1. The van der Waals surface area contributed by atoms with Gasteiger partial charge in [0.2, 0.25) is 0 Å². The summed E-state index contributed by atoms with van der Waals surface area (Å²) in [6, 6.07) is 11.8. The van der Waals surface area contributed by atoms with Crippen molar-refractivity contribution in [1.82, 2.24) is 9.88 Å². The number of anilines is 1. The summed E-state index contributed by atoms with van der Waals surface area (Å²) in [4.78, 5) is 20.1. The van der Waals surface area contributed by atoms with Gasteiger partial charge in [-0.05, 0) is 12.1 Å². The van der Waals surface area contributed by atoms with Crippen LogP contribution in [-0.2, 0) is 9.53 Å². The Morgan fingerprint density at radius 3 is 2.74 bits per heavy atom. The van der Waals surface area contributed by atoms with Gasteiger partial charge in [-0.1, -0.05) is 18.2 Å². The number of esters is 1. The third kappa shape index (κ3) is 3.25. The average Bonchev–Trinajstić information content (AvgIpc) is 2.61. The lowest BCUT2D eigenvalue weighted by atomic mass is 10.1. The fraction of sp³-hybridized carbons (Fsp3) is 0.353. The number of aromatic nitrogens is 1. The van der Waals surface area contributed by atoms with Crippen LogP contribution in [-0.4, -0.2) is 55.7 Å². The zero-order valence-corrected chi connectivity index (χ0v) is 13.0. The molecular formula is C17H18N4O2. The Hall–Kier alpha value is -2.65. The maximum absolute atomic E-state index is 11.4. The number of fused-ring (bicyclic) bond motifs is 1. The van der Waals surface area contributed by atoms with Gasteiger partial charge in [0, 0.05) is 37.3 Å². The van der Waals surface area contributed by atoms with Gasteiger partial charge in [-0.2, -0.15) is 5.26 Å². The summed E-state index contributed by atoms with van der Waals surface area (Å²) in [5.41, 5.74) is 2.29. The van der Waals surface area contributed by atoms with Crippen molar-refractivity contribution in [2.45, 2.75) is 0 Å². The molecule has 0 aliphatic carbocycles. The highest BCUT2D eigenvalue weighted by atomic mass is 16.5. The first-order valence-electron chi connectivity index (χ1n) is 7.55. The molecule has 0 bridgehead atoms. The number of hydrogen-bond acceptors (Lipinski definition) is 6. The maximum Gasteiger partial charge on any atom is 0.319 e. The summed E-state index contributed by atoms with van der Waals surface area (Å²) in [7, 11) is 1.41. The molecule has 0 saturated carbocycles. The zero-order chi connectivity index (χ0) is 16.2. The Balaban J connectivity index is 1.82. The first-order chi connectivity index (χ1) is 11.2. The second kappa shape index (κ2) is 6.63. The average molecular weight is 310 g/mol. The normalized spacial score (nSPS) is 15.4. The van der Waals surface area contributed by atoms with Crippen LogP contribution in [0.5, 0.6) is 0 Å². The molecular weight excluding hydrogens is 292 g/mol. The molecule has 1 saturated heterocycles. The van der Waals surface area contributed by atoms with Gasteiger partial charge in [-0.25, -0.2) is 4.98 Å². The van der Waals surface area contributed by atoms with E-state index in [0.717, 1.165) is 42.8 Å². The molecule has 6 heteroatoms. The number of ether oxygens (including phenoxy) is 1. The molecule has 1 aromatic carbocycles. The van der Waals surface area contributed by atoms with Crippen molar-refractivity contribution in [1.29, 1.82) is 5.26 Å². The highest BCUT2D eigenvalue weighted by Gasteiger charge is 2.21. The lowest BCUT2D eigenvalue weighted by Crippen LogP contribution is -2.48. The topological polar surface area (TPSA) is 69.5 Å². The van der Waals surface area contributed by atoms with E-state index in [1.807, 2.05) is 30.3 Å². The highest BCUT2D eigenvalue weighted by Crippen LogP contribution is 2.27. The number of rotatable bonds is 3. The number of carbonyl (C=O) groups excluding carboxylic acids is 1. The summed E-state index contributed by atoms with van der Waals surface area (Å²) in [6.07, 6.45) is 0. The fourth-order valence-electron chi connectivity index (χ4n) is 2.87. The van der Waals surface area contributed by atoms with Gasteiger partial charge in [0.1, 0.15) is 11.8 Å². The van der Waals surface area contributed by atoms with Gasteiger partial charge >= 0.3 is 5.97 Å². The van der Waals surface area contributed by atoms with Crippen LogP contribution in [0.2, 0.25) is 0 Å². The Bertz CT molecular complexity index is 761. The van der Waals surface area contributed by atoms with E-state index in [1.165, 1.54) is 7.11 Å². The van der Waals surface area contributed by atoms with Gasteiger partial charge in [-0.15, -0.1) is 0 Å². The number of carbonyl (C=O) groups is 1. The predicted octanol–water partition coefficient (Wildman–Crippen LogP) is 1.40. The van der Waals surface area contributed by atoms with Crippen LogP contribution < -0.4 is 4.90 Å². The zero-order valence-electron chi connectivity index (χ0n) is 13.0. The van der Waals surface area contributed by atoms with E-state index in [4.69, 9.17) is 4.74 Å². The van der Waals surface area contributed by atoms with Crippen LogP contribution in [0.15, 0.2) is 30.3 Å². The summed E-state index contributed by atoms with van der Waals surface area (Å²) < 4.78 is 4.71. The van der Waals surface area contributed by atoms with Crippen molar-refractivity contribution in [3.05, 3.63) is 36.0 Å². The Labute approximate surface area is 134 Å². The second-order valence-electron chi connectivity index (χ2n) is 5.49. The summed E-state index contributed by atoms with van der Waals surface area (Å²) in [6.45, 7) is 3.50. The minimum atomic E-state index is -0.209. The molecule has 118 valence electrons. The Morgan fingerprint density at radius 2 is 2.04 bits per heavy atom. The van der Waals surface area contributed by atoms with Crippen LogP contribution in [0.1, 0.15) is 5.69 Å². The molecule has 0 spiro atoms. The number of nitrogens with zero attached hydrogens (tertiary/aromatic N) is 4. The molecule has 23 heavy (non-hydrogen) atoms. The van der Waals surface area contributed by atoms with Crippen LogP contribution >= 0.6 is 0 Å².